The molecule has 1 amide bonds. The second-order valence-corrected chi connectivity index (χ2v) is 9.25. The Morgan fingerprint density at radius 3 is 2.15 bits per heavy atom. The first kappa shape index (κ1) is 20.2. The minimum absolute atomic E-state index is 0.103. The van der Waals surface area contributed by atoms with Crippen LogP contribution in [0.25, 0.3) is 0 Å². The van der Waals surface area contributed by atoms with Crippen LogP contribution in [0.2, 0.25) is 0 Å². The van der Waals surface area contributed by atoms with E-state index in [0.717, 1.165) is 55.2 Å². The van der Waals surface area contributed by atoms with Gasteiger partial charge < -0.3 is 4.90 Å². The van der Waals surface area contributed by atoms with Crippen LogP contribution in [0.15, 0.2) is 23.1 Å². The molecule has 2 aliphatic heterocycles. The number of hydrogen-bond acceptors (Lipinski definition) is 3. The van der Waals surface area contributed by atoms with Crippen molar-refractivity contribution < 1.29 is 22.0 Å². The first-order valence-corrected chi connectivity index (χ1v) is 11.1. The van der Waals surface area contributed by atoms with Crippen LogP contribution in [0, 0.1) is 17.6 Å². The average molecular weight is 400 g/mol. The number of carbonyl (C=O) groups excluding carboxylic acids is 1. The van der Waals surface area contributed by atoms with E-state index >= 15 is 0 Å². The summed E-state index contributed by atoms with van der Waals surface area (Å²) < 4.78 is 53.7. The van der Waals surface area contributed by atoms with Crippen molar-refractivity contribution in [2.24, 2.45) is 5.92 Å². The fourth-order valence-electron chi connectivity index (χ4n) is 3.88. The fourth-order valence-corrected chi connectivity index (χ4v) is 5.43. The van der Waals surface area contributed by atoms with Crippen LogP contribution >= 0.6 is 0 Å². The lowest BCUT2D eigenvalue weighted by molar-refractivity contribution is -0.137. The third kappa shape index (κ3) is 4.66. The number of sulfonamides is 1. The molecule has 3 rings (SSSR count). The molecule has 2 heterocycles. The third-order valence-electron chi connectivity index (χ3n) is 5.48. The van der Waals surface area contributed by atoms with Crippen molar-refractivity contribution in [2.45, 2.75) is 49.8 Å². The van der Waals surface area contributed by atoms with Gasteiger partial charge in [-0.3, -0.25) is 4.79 Å². The minimum atomic E-state index is -4.11. The molecule has 1 aromatic carbocycles. The quantitative estimate of drug-likeness (QED) is 0.783. The van der Waals surface area contributed by atoms with Gasteiger partial charge in [-0.1, -0.05) is 19.3 Å². The molecule has 0 spiro atoms. The van der Waals surface area contributed by atoms with Crippen molar-refractivity contribution in [2.75, 3.05) is 26.2 Å². The zero-order valence-corrected chi connectivity index (χ0v) is 16.2. The summed E-state index contributed by atoms with van der Waals surface area (Å²) in [7, 11) is -4.11. The molecule has 0 aliphatic carbocycles. The van der Waals surface area contributed by atoms with E-state index in [4.69, 9.17) is 0 Å². The van der Waals surface area contributed by atoms with E-state index in [2.05, 4.69) is 0 Å². The number of rotatable bonds is 3. The molecule has 27 heavy (non-hydrogen) atoms. The molecule has 0 unspecified atom stereocenters. The second-order valence-electron chi connectivity index (χ2n) is 7.35. The van der Waals surface area contributed by atoms with Gasteiger partial charge in [0.1, 0.15) is 16.5 Å². The van der Waals surface area contributed by atoms with Crippen LogP contribution in [0.3, 0.4) is 0 Å². The van der Waals surface area contributed by atoms with Crippen LogP contribution in [-0.2, 0) is 14.8 Å². The van der Waals surface area contributed by atoms with Gasteiger partial charge in [0.25, 0.3) is 0 Å². The average Bonchev–Trinajstić information content (AvgIpc) is 2.63. The standard InChI is InChI=1S/C19H26F2N2O3S/c20-16-6-7-17(21)18(14-16)27(25,26)23-12-8-15(9-13-23)19(24)22-10-4-2-1-3-5-11-22/h6-7,14-15H,1-5,8-13H2. The Morgan fingerprint density at radius 2 is 1.52 bits per heavy atom. The van der Waals surface area contributed by atoms with Crippen molar-refractivity contribution in [1.82, 2.24) is 9.21 Å². The van der Waals surface area contributed by atoms with Crippen LogP contribution in [-0.4, -0.2) is 49.7 Å². The van der Waals surface area contributed by atoms with Crippen molar-refractivity contribution in [3.63, 3.8) is 0 Å². The van der Waals surface area contributed by atoms with E-state index in [9.17, 15) is 22.0 Å². The third-order valence-corrected chi connectivity index (χ3v) is 7.40. The van der Waals surface area contributed by atoms with E-state index in [1.54, 1.807) is 0 Å². The Hall–Kier alpha value is -1.54. The van der Waals surface area contributed by atoms with Gasteiger partial charge in [-0.2, -0.15) is 4.31 Å². The Kier molecular flexibility index (Phi) is 6.47. The van der Waals surface area contributed by atoms with E-state index in [1.165, 1.54) is 6.42 Å². The van der Waals surface area contributed by atoms with Gasteiger partial charge in [0.15, 0.2) is 0 Å². The van der Waals surface area contributed by atoms with E-state index < -0.39 is 26.6 Å². The summed E-state index contributed by atoms with van der Waals surface area (Å²) in [4.78, 5) is 14.1. The van der Waals surface area contributed by atoms with Crippen LogP contribution in [0.4, 0.5) is 8.78 Å². The van der Waals surface area contributed by atoms with Crippen molar-refractivity contribution >= 4 is 15.9 Å². The zero-order chi connectivity index (χ0) is 19.4. The molecule has 2 saturated heterocycles. The highest BCUT2D eigenvalue weighted by molar-refractivity contribution is 7.89. The van der Waals surface area contributed by atoms with Crippen LogP contribution in [0.1, 0.15) is 44.9 Å². The predicted octanol–water partition coefficient (Wildman–Crippen LogP) is 3.16. The Morgan fingerprint density at radius 1 is 0.926 bits per heavy atom. The van der Waals surface area contributed by atoms with E-state index in [0.29, 0.717) is 18.9 Å². The maximum absolute atomic E-state index is 13.9. The van der Waals surface area contributed by atoms with E-state index in [-0.39, 0.29) is 24.9 Å². The number of nitrogens with zero attached hydrogens (tertiary/aromatic N) is 2. The smallest absolute Gasteiger partial charge is 0.246 e. The topological polar surface area (TPSA) is 57.7 Å². The number of benzene rings is 1. The summed E-state index contributed by atoms with van der Waals surface area (Å²) in [5.74, 6) is -1.86. The number of amides is 1. The molecular weight excluding hydrogens is 374 g/mol. The molecule has 0 radical (unpaired) electrons. The molecule has 0 atom stereocenters. The summed E-state index contributed by atoms with van der Waals surface area (Å²) in [5.41, 5.74) is 0. The lowest BCUT2D eigenvalue weighted by Crippen LogP contribution is -2.45. The number of hydrogen-bond donors (Lipinski definition) is 0. The summed E-state index contributed by atoms with van der Waals surface area (Å²) in [5, 5.41) is 0. The largest absolute Gasteiger partial charge is 0.342 e. The van der Waals surface area contributed by atoms with Gasteiger partial charge >= 0.3 is 0 Å². The summed E-state index contributed by atoms with van der Waals surface area (Å²) in [6, 6.07) is 2.42. The minimum Gasteiger partial charge on any atom is -0.342 e. The maximum atomic E-state index is 13.9. The first-order chi connectivity index (χ1) is 12.9. The molecule has 150 valence electrons. The van der Waals surface area contributed by atoms with Gasteiger partial charge in [0.05, 0.1) is 0 Å². The molecule has 2 aliphatic rings. The molecular formula is C19H26F2N2O3S. The number of piperidine rings is 1. The maximum Gasteiger partial charge on any atom is 0.246 e. The fraction of sp³-hybridized carbons (Fsp3) is 0.632. The lowest BCUT2D eigenvalue weighted by Gasteiger charge is -2.34. The summed E-state index contributed by atoms with van der Waals surface area (Å²) in [6.45, 7) is 1.82. The molecule has 0 N–H and O–H groups in total. The molecule has 2 fully saturated rings. The predicted molar refractivity (Wildman–Crippen MR) is 97.5 cm³/mol. The molecule has 1 aromatic rings. The van der Waals surface area contributed by atoms with Gasteiger partial charge in [0, 0.05) is 32.1 Å². The Labute approximate surface area is 159 Å². The Balaban J connectivity index is 1.64. The van der Waals surface area contributed by atoms with Crippen LogP contribution in [0.5, 0.6) is 0 Å². The second kappa shape index (κ2) is 8.65. The van der Waals surface area contributed by atoms with Crippen molar-refractivity contribution in [3.05, 3.63) is 29.8 Å². The highest BCUT2D eigenvalue weighted by Crippen LogP contribution is 2.27. The first-order valence-electron chi connectivity index (χ1n) is 9.63. The normalized spacial score (nSPS) is 20.9. The molecule has 5 nitrogen and oxygen atoms in total. The van der Waals surface area contributed by atoms with Gasteiger partial charge in [-0.25, -0.2) is 17.2 Å². The summed E-state index contributed by atoms with van der Waals surface area (Å²) in [6.07, 6.45) is 6.33. The van der Waals surface area contributed by atoms with Gasteiger partial charge in [-0.15, -0.1) is 0 Å². The summed E-state index contributed by atoms with van der Waals surface area (Å²) >= 11 is 0. The highest BCUT2D eigenvalue weighted by Gasteiger charge is 2.35. The highest BCUT2D eigenvalue weighted by atomic mass is 32.2. The van der Waals surface area contributed by atoms with Crippen molar-refractivity contribution in [1.29, 1.82) is 0 Å². The molecule has 0 bridgehead atoms. The van der Waals surface area contributed by atoms with Crippen LogP contribution < -0.4 is 0 Å². The monoisotopic (exact) mass is 400 g/mol. The SMILES string of the molecule is O=C(C1CCN(S(=O)(=O)c2cc(F)ccc2F)CC1)N1CCCCCCC1. The van der Waals surface area contributed by atoms with Gasteiger partial charge in [0.2, 0.25) is 15.9 Å². The number of carbonyl (C=O) groups is 1. The van der Waals surface area contributed by atoms with E-state index in [1.807, 2.05) is 4.90 Å². The zero-order valence-electron chi connectivity index (χ0n) is 15.4. The number of halogens is 2. The molecule has 0 saturated carbocycles. The molecule has 0 aromatic heterocycles. The number of likely N-dealkylation sites (tertiary alicyclic amines) is 1. The molecule has 8 heteroatoms. The Bertz CT molecular complexity index is 769. The van der Waals surface area contributed by atoms with Crippen molar-refractivity contribution in [3.8, 4) is 0 Å². The lowest BCUT2D eigenvalue weighted by atomic mass is 9.95. The van der Waals surface area contributed by atoms with Gasteiger partial charge in [-0.05, 0) is 43.9 Å².